The van der Waals surface area contributed by atoms with Gasteiger partial charge in [-0.3, -0.25) is 14.5 Å². The first-order valence-electron chi connectivity index (χ1n) is 9.33. The predicted molar refractivity (Wildman–Crippen MR) is 104 cm³/mol. The van der Waals surface area contributed by atoms with Crippen molar-refractivity contribution in [3.63, 3.8) is 0 Å². The van der Waals surface area contributed by atoms with Crippen molar-refractivity contribution in [1.82, 2.24) is 25.4 Å². The summed E-state index contributed by atoms with van der Waals surface area (Å²) in [7, 11) is 1.86. The monoisotopic (exact) mass is 379 g/mol. The summed E-state index contributed by atoms with van der Waals surface area (Å²) in [6.45, 7) is 1.48. The number of halogens is 1. The van der Waals surface area contributed by atoms with Crippen LogP contribution in [0, 0.1) is 5.82 Å². The zero-order chi connectivity index (χ0) is 19.5. The maximum absolute atomic E-state index is 13.6. The fraction of sp³-hybridized carbons (Fsp3) is 0.286. The number of pyridine rings is 1. The molecule has 1 aromatic carbocycles. The molecule has 2 aromatic heterocycles. The number of benzene rings is 1. The van der Waals surface area contributed by atoms with Crippen LogP contribution >= 0.6 is 0 Å². The Morgan fingerprint density at radius 2 is 2.18 bits per heavy atom. The van der Waals surface area contributed by atoms with E-state index in [-0.39, 0.29) is 23.7 Å². The molecular weight excluding hydrogens is 357 g/mol. The number of rotatable bonds is 4. The lowest BCUT2D eigenvalue weighted by Crippen LogP contribution is -2.50. The molecule has 6 nitrogen and oxygen atoms in total. The van der Waals surface area contributed by atoms with Gasteiger partial charge >= 0.3 is 0 Å². The van der Waals surface area contributed by atoms with Gasteiger partial charge in [-0.15, -0.1) is 0 Å². The van der Waals surface area contributed by atoms with Gasteiger partial charge in [0.2, 0.25) is 0 Å². The molecule has 0 aliphatic carbocycles. The van der Waals surface area contributed by atoms with Crippen LogP contribution < -0.4 is 10.6 Å². The summed E-state index contributed by atoms with van der Waals surface area (Å²) >= 11 is 0. The first-order valence-corrected chi connectivity index (χ1v) is 9.33. The molecule has 144 valence electrons. The van der Waals surface area contributed by atoms with Gasteiger partial charge in [0, 0.05) is 43.5 Å². The van der Waals surface area contributed by atoms with E-state index in [9.17, 15) is 9.18 Å². The molecule has 28 heavy (non-hydrogen) atoms. The highest BCUT2D eigenvalue weighted by molar-refractivity contribution is 5.92. The van der Waals surface area contributed by atoms with E-state index >= 15 is 0 Å². The molecule has 0 unspecified atom stereocenters. The van der Waals surface area contributed by atoms with E-state index in [1.165, 1.54) is 6.07 Å². The topological polar surface area (TPSA) is 71.8 Å². The highest BCUT2D eigenvalue weighted by Gasteiger charge is 2.28. The highest BCUT2D eigenvalue weighted by Crippen LogP contribution is 2.26. The van der Waals surface area contributed by atoms with Gasteiger partial charge in [-0.2, -0.15) is 5.10 Å². The molecule has 1 aliphatic heterocycles. The standard InChI is InChI=1S/C21H22FN5O/c1-27-20(8-10-25-27)15-5-6-18(24-12-15)21(28)26-19-13-23-9-7-17(19)14-3-2-4-16(22)11-14/h2-6,8,10-12,17,19,23H,7,9,13H2,1H3,(H,26,28)/t17-,19+/m0/s1. The van der Waals surface area contributed by atoms with Crippen molar-refractivity contribution in [2.45, 2.75) is 18.4 Å². The lowest BCUT2D eigenvalue weighted by Gasteiger charge is -2.33. The van der Waals surface area contributed by atoms with E-state index in [4.69, 9.17) is 0 Å². The smallest absolute Gasteiger partial charge is 0.270 e. The third kappa shape index (κ3) is 3.80. The molecule has 1 fully saturated rings. The van der Waals surface area contributed by atoms with Crippen LogP contribution in [0.1, 0.15) is 28.4 Å². The zero-order valence-corrected chi connectivity index (χ0v) is 15.6. The van der Waals surface area contributed by atoms with Crippen molar-refractivity contribution >= 4 is 5.91 Å². The Morgan fingerprint density at radius 1 is 1.29 bits per heavy atom. The Kier molecular flexibility index (Phi) is 5.16. The summed E-state index contributed by atoms with van der Waals surface area (Å²) in [4.78, 5) is 17.0. The van der Waals surface area contributed by atoms with E-state index < -0.39 is 0 Å². The first-order chi connectivity index (χ1) is 13.6. The minimum absolute atomic E-state index is 0.0645. The summed E-state index contributed by atoms with van der Waals surface area (Å²) in [6, 6.07) is 12.0. The van der Waals surface area contributed by atoms with Crippen molar-refractivity contribution < 1.29 is 9.18 Å². The number of nitrogens with one attached hydrogen (secondary N) is 2. The molecular formula is C21H22FN5O. The zero-order valence-electron chi connectivity index (χ0n) is 15.6. The Morgan fingerprint density at radius 3 is 2.89 bits per heavy atom. The van der Waals surface area contributed by atoms with E-state index in [2.05, 4.69) is 20.7 Å². The van der Waals surface area contributed by atoms with E-state index in [0.717, 1.165) is 29.8 Å². The van der Waals surface area contributed by atoms with Crippen molar-refractivity contribution in [2.24, 2.45) is 7.05 Å². The molecule has 0 saturated carbocycles. The quantitative estimate of drug-likeness (QED) is 0.731. The molecule has 1 saturated heterocycles. The summed E-state index contributed by atoms with van der Waals surface area (Å²) < 4.78 is 15.4. The minimum Gasteiger partial charge on any atom is -0.346 e. The lowest BCUT2D eigenvalue weighted by atomic mass is 9.86. The van der Waals surface area contributed by atoms with Gasteiger partial charge in [-0.25, -0.2) is 4.39 Å². The molecule has 4 rings (SSSR count). The average molecular weight is 379 g/mol. The maximum atomic E-state index is 13.6. The van der Waals surface area contributed by atoms with Crippen LogP contribution in [0.25, 0.3) is 11.3 Å². The van der Waals surface area contributed by atoms with Crippen LogP contribution in [0.5, 0.6) is 0 Å². The summed E-state index contributed by atoms with van der Waals surface area (Å²) in [5, 5.41) is 10.5. The van der Waals surface area contributed by atoms with Crippen LogP contribution in [0.4, 0.5) is 4.39 Å². The van der Waals surface area contributed by atoms with Crippen molar-refractivity contribution in [3.8, 4) is 11.3 Å². The second kappa shape index (κ2) is 7.90. The molecule has 0 spiro atoms. The van der Waals surface area contributed by atoms with Gasteiger partial charge in [0.15, 0.2) is 0 Å². The number of hydrogen-bond donors (Lipinski definition) is 2. The fourth-order valence-electron chi connectivity index (χ4n) is 3.73. The van der Waals surface area contributed by atoms with Gasteiger partial charge in [-0.05, 0) is 48.9 Å². The second-order valence-electron chi connectivity index (χ2n) is 7.01. The fourth-order valence-corrected chi connectivity index (χ4v) is 3.73. The predicted octanol–water partition coefficient (Wildman–Crippen LogP) is 2.50. The Hall–Kier alpha value is -3.06. The molecule has 0 radical (unpaired) electrons. The number of carbonyl (C=O) groups excluding carboxylic acids is 1. The van der Waals surface area contributed by atoms with Gasteiger partial charge in [0.1, 0.15) is 11.5 Å². The van der Waals surface area contributed by atoms with Gasteiger partial charge in [-0.1, -0.05) is 12.1 Å². The van der Waals surface area contributed by atoms with Crippen molar-refractivity contribution in [3.05, 3.63) is 71.9 Å². The van der Waals surface area contributed by atoms with E-state index in [1.54, 1.807) is 35.3 Å². The molecule has 0 bridgehead atoms. The van der Waals surface area contributed by atoms with Crippen LogP contribution in [0.15, 0.2) is 54.9 Å². The number of nitrogens with zero attached hydrogens (tertiary/aromatic N) is 3. The lowest BCUT2D eigenvalue weighted by molar-refractivity contribution is 0.0919. The number of carbonyl (C=O) groups is 1. The summed E-state index contributed by atoms with van der Waals surface area (Å²) in [5.74, 6) is -0.421. The Balaban J connectivity index is 1.49. The summed E-state index contributed by atoms with van der Waals surface area (Å²) in [6.07, 6.45) is 4.23. The second-order valence-corrected chi connectivity index (χ2v) is 7.01. The number of hydrogen-bond acceptors (Lipinski definition) is 4. The van der Waals surface area contributed by atoms with Crippen molar-refractivity contribution in [2.75, 3.05) is 13.1 Å². The first kappa shape index (κ1) is 18.3. The average Bonchev–Trinajstić information content (AvgIpc) is 3.14. The van der Waals surface area contributed by atoms with Crippen LogP contribution in [0.3, 0.4) is 0 Å². The normalized spacial score (nSPS) is 19.4. The summed E-state index contributed by atoms with van der Waals surface area (Å²) in [5.41, 5.74) is 3.09. The largest absolute Gasteiger partial charge is 0.346 e. The van der Waals surface area contributed by atoms with Gasteiger partial charge in [0.25, 0.3) is 5.91 Å². The maximum Gasteiger partial charge on any atom is 0.270 e. The number of aryl methyl sites for hydroxylation is 1. The SMILES string of the molecule is Cn1nccc1-c1ccc(C(=O)N[C@@H]2CNCC[C@H]2c2cccc(F)c2)nc1. The minimum atomic E-state index is -0.256. The van der Waals surface area contributed by atoms with Crippen LogP contribution in [-0.4, -0.2) is 39.8 Å². The number of aromatic nitrogens is 3. The molecule has 7 heteroatoms. The Bertz CT molecular complexity index is 969. The molecule has 2 N–H and O–H groups in total. The Labute approximate surface area is 162 Å². The van der Waals surface area contributed by atoms with Crippen LogP contribution in [-0.2, 0) is 7.05 Å². The van der Waals surface area contributed by atoms with Crippen molar-refractivity contribution in [1.29, 1.82) is 0 Å². The molecule has 1 aliphatic rings. The molecule has 2 atom stereocenters. The molecule has 3 heterocycles. The van der Waals surface area contributed by atoms with E-state index in [0.29, 0.717) is 12.2 Å². The third-order valence-corrected chi connectivity index (χ3v) is 5.19. The van der Waals surface area contributed by atoms with E-state index in [1.807, 2.05) is 25.2 Å². The number of piperidine rings is 1. The molecule has 1 amide bonds. The number of amides is 1. The van der Waals surface area contributed by atoms with Gasteiger partial charge < -0.3 is 10.6 Å². The van der Waals surface area contributed by atoms with Crippen LogP contribution in [0.2, 0.25) is 0 Å². The highest BCUT2D eigenvalue weighted by atomic mass is 19.1. The molecule has 3 aromatic rings. The van der Waals surface area contributed by atoms with Gasteiger partial charge in [0.05, 0.1) is 5.69 Å². The third-order valence-electron chi connectivity index (χ3n) is 5.19.